The minimum absolute atomic E-state index is 0.216. The highest BCUT2D eigenvalue weighted by Crippen LogP contribution is 2.19. The maximum atomic E-state index is 12.4. The van der Waals surface area contributed by atoms with Gasteiger partial charge in [-0.05, 0) is 24.4 Å². The van der Waals surface area contributed by atoms with Crippen LogP contribution in [0.25, 0.3) is 11.4 Å². The van der Waals surface area contributed by atoms with Crippen molar-refractivity contribution in [1.82, 2.24) is 14.8 Å². The topological polar surface area (TPSA) is 33.6 Å². The summed E-state index contributed by atoms with van der Waals surface area (Å²) in [6, 6.07) is 7.47. The molecule has 0 amide bonds. The molecule has 0 spiro atoms. The molecule has 0 unspecified atom stereocenters. The van der Waals surface area contributed by atoms with Crippen LogP contribution in [0.1, 0.15) is 0 Å². The van der Waals surface area contributed by atoms with Crippen molar-refractivity contribution in [2.24, 2.45) is 0 Å². The van der Waals surface area contributed by atoms with E-state index in [0.717, 1.165) is 10.5 Å². The van der Waals surface area contributed by atoms with Gasteiger partial charge in [-0.1, -0.05) is 12.1 Å². The normalized spacial score (nSPS) is 10.6. The Labute approximate surface area is 103 Å². The molecule has 0 bridgehead atoms. The van der Waals surface area contributed by atoms with Crippen LogP contribution in [0.5, 0.6) is 0 Å². The van der Waals surface area contributed by atoms with Gasteiger partial charge in [0.2, 0.25) is 0 Å². The van der Waals surface area contributed by atoms with Gasteiger partial charge in [-0.3, -0.25) is 9.67 Å². The Bertz CT molecular complexity index is 530. The molecule has 1 N–H and O–H groups in total. The van der Waals surface area contributed by atoms with E-state index in [1.54, 1.807) is 4.57 Å². The third kappa shape index (κ3) is 2.17. The van der Waals surface area contributed by atoms with Crippen molar-refractivity contribution in [3.05, 3.63) is 29.0 Å². The zero-order valence-electron chi connectivity index (χ0n) is 8.35. The summed E-state index contributed by atoms with van der Waals surface area (Å²) in [7, 11) is 0. The molecule has 6 heteroatoms. The molecule has 2 aromatic rings. The standard InChI is InChI=1S/C10H10FN3S2/c11-5-6-14-9(12-13-10(14)16)7-1-3-8(15)4-2-7/h1-4,15H,5-6H2,(H,13,16). The number of benzene rings is 1. The summed E-state index contributed by atoms with van der Waals surface area (Å²) in [6.07, 6.45) is 0. The summed E-state index contributed by atoms with van der Waals surface area (Å²) in [6.45, 7) is -0.251. The number of halogens is 1. The number of rotatable bonds is 3. The van der Waals surface area contributed by atoms with E-state index in [1.165, 1.54) is 0 Å². The van der Waals surface area contributed by atoms with Gasteiger partial charge in [0.1, 0.15) is 6.67 Å². The lowest BCUT2D eigenvalue weighted by molar-refractivity contribution is 0.445. The molecule has 84 valence electrons. The largest absolute Gasteiger partial charge is 0.298 e. The van der Waals surface area contributed by atoms with Crippen LogP contribution in [0.4, 0.5) is 4.39 Å². The van der Waals surface area contributed by atoms with Crippen LogP contribution in [0.3, 0.4) is 0 Å². The van der Waals surface area contributed by atoms with Crippen LogP contribution >= 0.6 is 24.8 Å². The molecule has 1 aromatic heterocycles. The van der Waals surface area contributed by atoms with Gasteiger partial charge in [0, 0.05) is 10.5 Å². The second-order valence-electron chi connectivity index (χ2n) is 3.24. The third-order valence-corrected chi connectivity index (χ3v) is 2.80. The Morgan fingerprint density at radius 2 is 2.06 bits per heavy atom. The van der Waals surface area contributed by atoms with E-state index in [2.05, 4.69) is 22.8 Å². The average molecular weight is 255 g/mol. The lowest BCUT2D eigenvalue weighted by Crippen LogP contribution is -2.02. The first-order valence-electron chi connectivity index (χ1n) is 4.73. The van der Waals surface area contributed by atoms with E-state index in [9.17, 15) is 4.39 Å². The molecule has 0 saturated heterocycles. The first-order chi connectivity index (χ1) is 7.72. The molecule has 0 aliphatic rings. The van der Waals surface area contributed by atoms with Crippen LogP contribution < -0.4 is 0 Å². The van der Waals surface area contributed by atoms with Crippen LogP contribution in [0.2, 0.25) is 0 Å². The van der Waals surface area contributed by atoms with E-state index in [0.29, 0.717) is 10.6 Å². The number of thiol groups is 1. The lowest BCUT2D eigenvalue weighted by atomic mass is 10.2. The molecule has 0 radical (unpaired) electrons. The first-order valence-corrected chi connectivity index (χ1v) is 5.58. The predicted molar refractivity (Wildman–Crippen MR) is 66.1 cm³/mol. The molecule has 0 saturated carbocycles. The molecule has 16 heavy (non-hydrogen) atoms. The van der Waals surface area contributed by atoms with Crippen molar-refractivity contribution in [3.8, 4) is 11.4 Å². The van der Waals surface area contributed by atoms with Crippen molar-refractivity contribution < 1.29 is 4.39 Å². The van der Waals surface area contributed by atoms with Gasteiger partial charge in [0.15, 0.2) is 10.6 Å². The van der Waals surface area contributed by atoms with E-state index >= 15 is 0 Å². The van der Waals surface area contributed by atoms with Crippen molar-refractivity contribution in [2.75, 3.05) is 6.67 Å². The quantitative estimate of drug-likeness (QED) is 0.653. The molecule has 1 aromatic carbocycles. The summed E-state index contributed by atoms with van der Waals surface area (Å²) in [5.74, 6) is 0.649. The summed E-state index contributed by atoms with van der Waals surface area (Å²) < 4.78 is 14.4. The molecular formula is C10H10FN3S2. The maximum absolute atomic E-state index is 12.4. The molecule has 0 fully saturated rings. The number of nitrogens with one attached hydrogen (secondary N) is 1. The Balaban J connectivity index is 2.47. The van der Waals surface area contributed by atoms with Gasteiger partial charge in [0.25, 0.3) is 0 Å². The first kappa shape index (κ1) is 11.3. The molecule has 1 heterocycles. The minimum Gasteiger partial charge on any atom is -0.298 e. The second-order valence-corrected chi connectivity index (χ2v) is 4.14. The molecule has 0 aliphatic carbocycles. The number of aromatic amines is 1. The highest BCUT2D eigenvalue weighted by molar-refractivity contribution is 7.80. The monoisotopic (exact) mass is 255 g/mol. The second kappa shape index (κ2) is 4.80. The van der Waals surface area contributed by atoms with Crippen LogP contribution in [-0.4, -0.2) is 21.4 Å². The highest BCUT2D eigenvalue weighted by atomic mass is 32.1. The maximum Gasteiger partial charge on any atom is 0.195 e. The van der Waals surface area contributed by atoms with Gasteiger partial charge in [-0.15, -0.1) is 12.6 Å². The van der Waals surface area contributed by atoms with Gasteiger partial charge in [-0.25, -0.2) is 4.39 Å². The lowest BCUT2D eigenvalue weighted by Gasteiger charge is -2.04. The Morgan fingerprint density at radius 3 is 2.69 bits per heavy atom. The molecule has 0 aliphatic heterocycles. The zero-order chi connectivity index (χ0) is 11.5. The summed E-state index contributed by atoms with van der Waals surface area (Å²) >= 11 is 9.23. The smallest absolute Gasteiger partial charge is 0.195 e. The highest BCUT2D eigenvalue weighted by Gasteiger charge is 2.07. The average Bonchev–Trinajstić information content (AvgIpc) is 2.63. The summed E-state index contributed by atoms with van der Waals surface area (Å²) in [5, 5.41) is 6.75. The van der Waals surface area contributed by atoms with E-state index in [4.69, 9.17) is 12.2 Å². The van der Waals surface area contributed by atoms with Crippen LogP contribution in [-0.2, 0) is 6.54 Å². The van der Waals surface area contributed by atoms with Crippen molar-refractivity contribution in [2.45, 2.75) is 11.4 Å². The van der Waals surface area contributed by atoms with E-state index < -0.39 is 6.67 Å². The number of nitrogens with zero attached hydrogens (tertiary/aromatic N) is 2. The Kier molecular flexibility index (Phi) is 3.40. The van der Waals surface area contributed by atoms with Gasteiger partial charge >= 0.3 is 0 Å². The minimum atomic E-state index is -0.467. The van der Waals surface area contributed by atoms with E-state index in [1.807, 2.05) is 24.3 Å². The van der Waals surface area contributed by atoms with Gasteiger partial charge in [-0.2, -0.15) is 5.10 Å². The van der Waals surface area contributed by atoms with Crippen molar-refractivity contribution >= 4 is 24.8 Å². The molecule has 2 rings (SSSR count). The fourth-order valence-corrected chi connectivity index (χ4v) is 1.81. The third-order valence-electron chi connectivity index (χ3n) is 2.19. The fourth-order valence-electron chi connectivity index (χ4n) is 1.44. The van der Waals surface area contributed by atoms with Crippen molar-refractivity contribution in [1.29, 1.82) is 0 Å². The number of H-pyrrole nitrogens is 1. The number of hydrogen-bond donors (Lipinski definition) is 2. The van der Waals surface area contributed by atoms with Gasteiger partial charge in [0.05, 0.1) is 6.54 Å². The van der Waals surface area contributed by atoms with E-state index in [-0.39, 0.29) is 6.54 Å². The fraction of sp³-hybridized carbons (Fsp3) is 0.200. The predicted octanol–water partition coefficient (Wildman–Crippen LogP) is 2.87. The molecular weight excluding hydrogens is 245 g/mol. The number of alkyl halides is 1. The van der Waals surface area contributed by atoms with Gasteiger partial charge < -0.3 is 0 Å². The molecule has 3 nitrogen and oxygen atoms in total. The number of hydrogen-bond acceptors (Lipinski definition) is 3. The molecule has 0 atom stereocenters. The SMILES string of the molecule is FCCn1c(-c2ccc(S)cc2)n[nH]c1=S. The Morgan fingerprint density at radius 1 is 1.38 bits per heavy atom. The Hall–Kier alpha value is -1.14. The summed E-state index contributed by atoms with van der Waals surface area (Å²) in [5.41, 5.74) is 0.888. The van der Waals surface area contributed by atoms with Crippen molar-refractivity contribution in [3.63, 3.8) is 0 Å². The number of aromatic nitrogens is 3. The summed E-state index contributed by atoms with van der Waals surface area (Å²) in [4.78, 5) is 0.870. The zero-order valence-corrected chi connectivity index (χ0v) is 10.1. The van der Waals surface area contributed by atoms with Crippen LogP contribution in [0, 0.1) is 4.77 Å². The van der Waals surface area contributed by atoms with Crippen LogP contribution in [0.15, 0.2) is 29.2 Å².